The summed E-state index contributed by atoms with van der Waals surface area (Å²) in [5, 5.41) is 0.567. The fourth-order valence-corrected chi connectivity index (χ4v) is 2.73. The van der Waals surface area contributed by atoms with Gasteiger partial charge in [0.25, 0.3) is 0 Å². The molecule has 0 saturated heterocycles. The third kappa shape index (κ3) is 2.34. The van der Waals surface area contributed by atoms with Gasteiger partial charge in [-0.3, -0.25) is 0 Å². The highest BCUT2D eigenvalue weighted by Gasteiger charge is 2.16. The second-order valence-electron chi connectivity index (χ2n) is 4.64. The molecule has 1 aliphatic heterocycles. The number of aromatic nitrogens is 1. The van der Waals surface area contributed by atoms with Gasteiger partial charge in [-0.1, -0.05) is 29.8 Å². The number of aryl methyl sites for hydroxylation is 1. The van der Waals surface area contributed by atoms with Crippen molar-refractivity contribution in [3.8, 4) is 0 Å². The zero-order valence-electron chi connectivity index (χ0n) is 10.1. The monoisotopic (exact) mass is 258 g/mol. The van der Waals surface area contributed by atoms with E-state index in [1.165, 1.54) is 29.7 Å². The van der Waals surface area contributed by atoms with Crippen LogP contribution in [0.3, 0.4) is 0 Å². The predicted octanol–water partition coefficient (Wildman–Crippen LogP) is 3.69. The van der Waals surface area contributed by atoms with Crippen molar-refractivity contribution in [2.75, 3.05) is 11.4 Å². The van der Waals surface area contributed by atoms with Crippen LogP contribution < -0.4 is 4.90 Å². The van der Waals surface area contributed by atoms with Gasteiger partial charge < -0.3 is 4.90 Å². The fraction of sp³-hybridized carbons (Fsp3) is 0.267. The molecule has 1 aromatic heterocycles. The minimum atomic E-state index is 0.567. The maximum absolute atomic E-state index is 5.93. The lowest BCUT2D eigenvalue weighted by atomic mass is 10.0. The molecule has 0 aliphatic carbocycles. The van der Waals surface area contributed by atoms with Crippen LogP contribution in [0.15, 0.2) is 42.6 Å². The largest absolute Gasteiger partial charge is 0.367 e. The first-order valence-corrected chi connectivity index (χ1v) is 6.64. The van der Waals surface area contributed by atoms with Crippen molar-refractivity contribution < 1.29 is 0 Å². The standard InChI is InChI=1S/C15H15ClN2/c16-15-10-12(7-8-17-15)11-18-9-3-5-13-4-1-2-6-14(13)18/h1-2,4,6-8,10H,3,5,9,11H2. The number of benzene rings is 1. The Morgan fingerprint density at radius 3 is 3.00 bits per heavy atom. The van der Waals surface area contributed by atoms with E-state index in [1.54, 1.807) is 6.20 Å². The lowest BCUT2D eigenvalue weighted by molar-refractivity contribution is 0.691. The van der Waals surface area contributed by atoms with Crippen LogP contribution in [0.5, 0.6) is 0 Å². The van der Waals surface area contributed by atoms with E-state index < -0.39 is 0 Å². The van der Waals surface area contributed by atoms with Crippen LogP contribution in [0.2, 0.25) is 5.15 Å². The number of pyridine rings is 1. The second kappa shape index (κ2) is 4.99. The smallest absolute Gasteiger partial charge is 0.129 e. The highest BCUT2D eigenvalue weighted by atomic mass is 35.5. The summed E-state index contributed by atoms with van der Waals surface area (Å²) in [7, 11) is 0. The van der Waals surface area contributed by atoms with Gasteiger partial charge in [0.05, 0.1) is 0 Å². The van der Waals surface area contributed by atoms with E-state index in [-0.39, 0.29) is 0 Å². The Hall–Kier alpha value is -1.54. The van der Waals surface area contributed by atoms with Gasteiger partial charge in [0, 0.05) is 25.0 Å². The molecule has 0 amide bonds. The SMILES string of the molecule is Clc1cc(CN2CCCc3ccccc32)ccn1. The lowest BCUT2D eigenvalue weighted by Gasteiger charge is -2.31. The van der Waals surface area contributed by atoms with Crippen LogP contribution in [0, 0.1) is 0 Å². The van der Waals surface area contributed by atoms with Gasteiger partial charge in [-0.05, 0) is 42.2 Å². The third-order valence-electron chi connectivity index (χ3n) is 3.37. The van der Waals surface area contributed by atoms with Crippen molar-refractivity contribution in [3.05, 3.63) is 58.9 Å². The van der Waals surface area contributed by atoms with Crippen LogP contribution in [0.1, 0.15) is 17.5 Å². The summed E-state index contributed by atoms with van der Waals surface area (Å²) in [5.74, 6) is 0. The molecule has 18 heavy (non-hydrogen) atoms. The first-order valence-electron chi connectivity index (χ1n) is 6.26. The molecule has 0 fully saturated rings. The zero-order valence-corrected chi connectivity index (χ0v) is 10.9. The minimum absolute atomic E-state index is 0.567. The molecule has 0 radical (unpaired) electrons. The molecule has 3 heteroatoms. The highest BCUT2D eigenvalue weighted by molar-refractivity contribution is 6.29. The molecule has 0 N–H and O–H groups in total. The summed E-state index contributed by atoms with van der Waals surface area (Å²) >= 11 is 5.93. The van der Waals surface area contributed by atoms with Crippen LogP contribution in [0.25, 0.3) is 0 Å². The first-order chi connectivity index (χ1) is 8.83. The summed E-state index contributed by atoms with van der Waals surface area (Å²) in [4.78, 5) is 6.45. The Labute approximate surface area is 112 Å². The number of hydrogen-bond acceptors (Lipinski definition) is 2. The van der Waals surface area contributed by atoms with Gasteiger partial charge in [0.15, 0.2) is 0 Å². The summed E-state index contributed by atoms with van der Waals surface area (Å²) in [6.07, 6.45) is 4.17. The van der Waals surface area contributed by atoms with E-state index in [9.17, 15) is 0 Å². The predicted molar refractivity (Wildman–Crippen MR) is 75.1 cm³/mol. The molecule has 3 rings (SSSR count). The molecular weight excluding hydrogens is 244 g/mol. The van der Waals surface area contributed by atoms with Gasteiger partial charge in [-0.2, -0.15) is 0 Å². The quantitative estimate of drug-likeness (QED) is 0.764. The van der Waals surface area contributed by atoms with Crippen molar-refractivity contribution >= 4 is 17.3 Å². The second-order valence-corrected chi connectivity index (χ2v) is 5.03. The van der Waals surface area contributed by atoms with Crippen molar-refractivity contribution in [1.29, 1.82) is 0 Å². The molecule has 0 spiro atoms. The Morgan fingerprint density at radius 1 is 1.22 bits per heavy atom. The average molecular weight is 259 g/mol. The normalized spacial score (nSPS) is 14.4. The Kier molecular flexibility index (Phi) is 3.20. The van der Waals surface area contributed by atoms with E-state index in [4.69, 9.17) is 11.6 Å². The van der Waals surface area contributed by atoms with Crippen molar-refractivity contribution in [1.82, 2.24) is 4.98 Å². The molecular formula is C15H15ClN2. The van der Waals surface area contributed by atoms with Crippen molar-refractivity contribution in [2.24, 2.45) is 0 Å². The van der Waals surface area contributed by atoms with Crippen LogP contribution in [0.4, 0.5) is 5.69 Å². The molecule has 1 aromatic carbocycles. The molecule has 0 bridgehead atoms. The molecule has 1 aliphatic rings. The molecule has 2 aromatic rings. The molecule has 2 nitrogen and oxygen atoms in total. The number of nitrogens with zero attached hydrogens (tertiary/aromatic N) is 2. The number of halogens is 1. The van der Waals surface area contributed by atoms with Gasteiger partial charge in [-0.25, -0.2) is 4.98 Å². The van der Waals surface area contributed by atoms with E-state index in [2.05, 4.69) is 34.1 Å². The maximum Gasteiger partial charge on any atom is 0.129 e. The van der Waals surface area contributed by atoms with E-state index in [1.807, 2.05) is 12.1 Å². The summed E-state index contributed by atoms with van der Waals surface area (Å²) in [5.41, 5.74) is 4.02. The van der Waals surface area contributed by atoms with Gasteiger partial charge in [-0.15, -0.1) is 0 Å². The fourth-order valence-electron chi connectivity index (χ4n) is 2.54. The van der Waals surface area contributed by atoms with Crippen molar-refractivity contribution in [2.45, 2.75) is 19.4 Å². The Balaban J connectivity index is 1.86. The topological polar surface area (TPSA) is 16.1 Å². The zero-order chi connectivity index (χ0) is 12.4. The molecule has 0 saturated carbocycles. The molecule has 0 atom stereocenters. The maximum atomic E-state index is 5.93. The summed E-state index contributed by atoms with van der Waals surface area (Å²) in [6.45, 7) is 2.01. The number of hydrogen-bond donors (Lipinski definition) is 0. The average Bonchev–Trinajstić information content (AvgIpc) is 2.39. The highest BCUT2D eigenvalue weighted by Crippen LogP contribution is 2.28. The van der Waals surface area contributed by atoms with Gasteiger partial charge in [0.1, 0.15) is 5.15 Å². The summed E-state index contributed by atoms with van der Waals surface area (Å²) < 4.78 is 0. The van der Waals surface area contributed by atoms with Crippen LogP contribution in [-0.4, -0.2) is 11.5 Å². The number of rotatable bonds is 2. The first kappa shape index (κ1) is 11.5. The lowest BCUT2D eigenvalue weighted by Crippen LogP contribution is -2.28. The van der Waals surface area contributed by atoms with Gasteiger partial charge >= 0.3 is 0 Å². The minimum Gasteiger partial charge on any atom is -0.367 e. The van der Waals surface area contributed by atoms with Crippen molar-refractivity contribution in [3.63, 3.8) is 0 Å². The van der Waals surface area contributed by atoms with E-state index in [0.717, 1.165) is 13.1 Å². The van der Waals surface area contributed by atoms with E-state index in [0.29, 0.717) is 5.15 Å². The Bertz CT molecular complexity index is 554. The van der Waals surface area contributed by atoms with E-state index >= 15 is 0 Å². The van der Waals surface area contributed by atoms with Crippen LogP contribution >= 0.6 is 11.6 Å². The molecule has 2 heterocycles. The molecule has 92 valence electrons. The summed E-state index contributed by atoms with van der Waals surface area (Å²) in [6, 6.07) is 12.6. The third-order valence-corrected chi connectivity index (χ3v) is 3.58. The Morgan fingerprint density at radius 2 is 2.11 bits per heavy atom. The number of fused-ring (bicyclic) bond motifs is 1. The van der Waals surface area contributed by atoms with Crippen LogP contribution in [-0.2, 0) is 13.0 Å². The van der Waals surface area contributed by atoms with Gasteiger partial charge in [0.2, 0.25) is 0 Å². The number of anilines is 1. The number of para-hydroxylation sites is 1. The molecule has 0 unspecified atom stereocenters.